The van der Waals surface area contributed by atoms with Gasteiger partial charge in [0.25, 0.3) is 11.7 Å². The van der Waals surface area contributed by atoms with E-state index in [-0.39, 0.29) is 11.3 Å². The van der Waals surface area contributed by atoms with Gasteiger partial charge in [0.15, 0.2) is 0 Å². The van der Waals surface area contributed by atoms with E-state index in [2.05, 4.69) is 15.9 Å². The summed E-state index contributed by atoms with van der Waals surface area (Å²) in [6.07, 6.45) is 0. The molecule has 1 atom stereocenters. The normalized spacial score (nSPS) is 17.5. The van der Waals surface area contributed by atoms with Crippen LogP contribution in [0, 0.1) is 0 Å². The molecular formula is C25H20BrNO5. The number of nitrogens with zero attached hydrogens (tertiary/aromatic N) is 1. The van der Waals surface area contributed by atoms with Crippen LogP contribution in [0.25, 0.3) is 5.76 Å². The summed E-state index contributed by atoms with van der Waals surface area (Å²) >= 11 is 3.42. The third-order valence-corrected chi connectivity index (χ3v) is 5.81. The Morgan fingerprint density at radius 3 is 2.34 bits per heavy atom. The number of rotatable bonds is 5. The number of hydrogen-bond donors (Lipinski definition) is 1. The minimum absolute atomic E-state index is 0.00959. The number of benzene rings is 3. The van der Waals surface area contributed by atoms with Crippen LogP contribution in [0.2, 0.25) is 0 Å². The monoisotopic (exact) mass is 493 g/mol. The van der Waals surface area contributed by atoms with Gasteiger partial charge in [0.1, 0.15) is 17.3 Å². The number of anilines is 1. The largest absolute Gasteiger partial charge is 0.507 e. The molecule has 6 nitrogen and oxygen atoms in total. The number of hydrogen-bond acceptors (Lipinski definition) is 5. The first kappa shape index (κ1) is 21.6. The minimum atomic E-state index is -0.898. The first-order chi connectivity index (χ1) is 15.5. The second-order valence-corrected chi connectivity index (χ2v) is 8.04. The summed E-state index contributed by atoms with van der Waals surface area (Å²) in [7, 11) is 3.04. The molecular weight excluding hydrogens is 474 g/mol. The van der Waals surface area contributed by atoms with E-state index in [9.17, 15) is 14.7 Å². The fraction of sp³-hybridized carbons (Fsp3) is 0.120. The average molecular weight is 494 g/mol. The van der Waals surface area contributed by atoms with E-state index in [1.807, 2.05) is 6.07 Å². The van der Waals surface area contributed by atoms with Crippen LogP contribution in [-0.2, 0) is 9.59 Å². The van der Waals surface area contributed by atoms with Gasteiger partial charge in [0.05, 0.1) is 25.8 Å². The van der Waals surface area contributed by atoms with Gasteiger partial charge < -0.3 is 14.6 Å². The zero-order valence-corrected chi connectivity index (χ0v) is 19.0. The lowest BCUT2D eigenvalue weighted by molar-refractivity contribution is -0.132. The first-order valence-corrected chi connectivity index (χ1v) is 10.6. The summed E-state index contributed by atoms with van der Waals surface area (Å²) in [5.41, 5.74) is 1.49. The molecule has 1 aliphatic heterocycles. The van der Waals surface area contributed by atoms with Crippen molar-refractivity contribution in [3.05, 3.63) is 94.0 Å². The zero-order valence-electron chi connectivity index (χ0n) is 17.4. The van der Waals surface area contributed by atoms with Crippen LogP contribution in [0.5, 0.6) is 11.5 Å². The van der Waals surface area contributed by atoms with Crippen molar-refractivity contribution in [3.63, 3.8) is 0 Å². The highest BCUT2D eigenvalue weighted by Gasteiger charge is 2.48. The molecule has 1 N–H and O–H groups in total. The van der Waals surface area contributed by atoms with Gasteiger partial charge in [-0.05, 0) is 30.3 Å². The molecule has 0 aromatic heterocycles. The van der Waals surface area contributed by atoms with Crippen molar-refractivity contribution in [3.8, 4) is 11.5 Å². The molecule has 0 radical (unpaired) electrons. The van der Waals surface area contributed by atoms with E-state index >= 15 is 0 Å². The summed E-state index contributed by atoms with van der Waals surface area (Å²) in [6.45, 7) is 0. The number of methoxy groups -OCH3 is 2. The van der Waals surface area contributed by atoms with Gasteiger partial charge in [-0.15, -0.1) is 0 Å². The van der Waals surface area contributed by atoms with Gasteiger partial charge in [-0.1, -0.05) is 52.3 Å². The van der Waals surface area contributed by atoms with Crippen LogP contribution in [0.15, 0.2) is 82.8 Å². The Bertz CT molecular complexity index is 1220. The molecule has 1 fully saturated rings. The van der Waals surface area contributed by atoms with Crippen molar-refractivity contribution in [1.29, 1.82) is 0 Å². The highest BCUT2D eigenvalue weighted by molar-refractivity contribution is 9.10. The number of halogens is 1. The lowest BCUT2D eigenvalue weighted by Gasteiger charge is -2.27. The van der Waals surface area contributed by atoms with Gasteiger partial charge >= 0.3 is 0 Å². The number of amides is 1. The molecule has 0 aliphatic carbocycles. The fourth-order valence-electron chi connectivity index (χ4n) is 3.81. The van der Waals surface area contributed by atoms with Crippen LogP contribution in [-0.4, -0.2) is 31.0 Å². The first-order valence-electron chi connectivity index (χ1n) is 9.80. The third-order valence-electron chi connectivity index (χ3n) is 5.31. The summed E-state index contributed by atoms with van der Waals surface area (Å²) in [6, 6.07) is 20.0. The molecule has 0 bridgehead atoms. The van der Waals surface area contributed by atoms with Crippen molar-refractivity contribution >= 4 is 39.1 Å². The highest BCUT2D eigenvalue weighted by atomic mass is 79.9. The van der Waals surface area contributed by atoms with Crippen molar-refractivity contribution in [2.45, 2.75) is 6.04 Å². The summed E-state index contributed by atoms with van der Waals surface area (Å²) in [5, 5.41) is 11.1. The van der Waals surface area contributed by atoms with E-state index in [1.54, 1.807) is 66.7 Å². The Kier molecular flexibility index (Phi) is 6.01. The Morgan fingerprint density at radius 1 is 0.938 bits per heavy atom. The quantitative estimate of drug-likeness (QED) is 0.304. The Hall–Kier alpha value is -3.58. The van der Waals surface area contributed by atoms with Gasteiger partial charge in [0.2, 0.25) is 0 Å². The van der Waals surface area contributed by atoms with Crippen LogP contribution in [0.1, 0.15) is 17.2 Å². The molecule has 0 unspecified atom stereocenters. The molecule has 1 aliphatic rings. The van der Waals surface area contributed by atoms with Crippen molar-refractivity contribution in [2.75, 3.05) is 19.1 Å². The maximum atomic E-state index is 13.2. The summed E-state index contributed by atoms with van der Waals surface area (Å²) in [4.78, 5) is 27.8. The molecule has 32 heavy (non-hydrogen) atoms. The summed E-state index contributed by atoms with van der Waals surface area (Å²) < 4.78 is 11.6. The standard InChI is InChI=1S/C25H20BrNO5/c1-31-18-11-12-19(20(14-18)32-2)22-21(23(28)15-7-4-3-5-8-15)24(29)25(30)27(22)17-10-6-9-16(26)13-17/h3-14,22,28H,1-2H3/b23-21+/t22-/m1/s1. The Balaban J connectivity index is 2.00. The number of ketones is 1. The van der Waals surface area contributed by atoms with Gasteiger partial charge in [-0.3, -0.25) is 14.5 Å². The molecule has 1 saturated heterocycles. The number of carbonyl (C=O) groups is 2. The summed E-state index contributed by atoms with van der Waals surface area (Å²) in [5.74, 6) is -0.759. The number of aliphatic hydroxyl groups excluding tert-OH is 1. The number of ether oxygens (including phenoxy) is 2. The molecule has 0 saturated carbocycles. The fourth-order valence-corrected chi connectivity index (χ4v) is 4.20. The van der Waals surface area contributed by atoms with Crippen molar-refractivity contribution < 1.29 is 24.2 Å². The Labute approximate surface area is 193 Å². The molecule has 7 heteroatoms. The number of aliphatic hydroxyl groups is 1. The molecule has 3 aromatic carbocycles. The van der Waals surface area contributed by atoms with Crippen LogP contribution in [0.3, 0.4) is 0 Å². The molecule has 0 spiro atoms. The molecule has 4 rings (SSSR count). The van der Waals surface area contributed by atoms with Gasteiger partial charge in [-0.2, -0.15) is 0 Å². The smallest absolute Gasteiger partial charge is 0.300 e. The van der Waals surface area contributed by atoms with Crippen LogP contribution < -0.4 is 14.4 Å². The number of Topliss-reactive ketones (excluding diaryl/α,β-unsaturated/α-hetero) is 1. The average Bonchev–Trinajstić information content (AvgIpc) is 3.08. The number of carbonyl (C=O) groups excluding carboxylic acids is 2. The maximum Gasteiger partial charge on any atom is 0.300 e. The zero-order chi connectivity index (χ0) is 22.8. The minimum Gasteiger partial charge on any atom is -0.507 e. The molecule has 1 amide bonds. The molecule has 162 valence electrons. The van der Waals surface area contributed by atoms with E-state index in [0.717, 1.165) is 4.47 Å². The predicted molar refractivity (Wildman–Crippen MR) is 125 cm³/mol. The Morgan fingerprint density at radius 2 is 1.69 bits per heavy atom. The van der Waals surface area contributed by atoms with E-state index in [1.165, 1.54) is 19.1 Å². The highest BCUT2D eigenvalue weighted by Crippen LogP contribution is 2.45. The van der Waals surface area contributed by atoms with Crippen LogP contribution in [0.4, 0.5) is 5.69 Å². The molecule has 3 aromatic rings. The topological polar surface area (TPSA) is 76.1 Å². The lowest BCUT2D eigenvalue weighted by atomic mass is 9.94. The van der Waals surface area contributed by atoms with Gasteiger partial charge in [0, 0.05) is 27.4 Å². The maximum absolute atomic E-state index is 13.2. The SMILES string of the molecule is COc1ccc([C@@H]2/C(=C(\O)c3ccccc3)C(=O)C(=O)N2c2cccc(Br)c2)c(OC)c1. The van der Waals surface area contributed by atoms with E-state index in [0.29, 0.717) is 28.3 Å². The van der Waals surface area contributed by atoms with Crippen molar-refractivity contribution in [1.82, 2.24) is 0 Å². The van der Waals surface area contributed by atoms with E-state index in [4.69, 9.17) is 9.47 Å². The van der Waals surface area contributed by atoms with Gasteiger partial charge in [-0.25, -0.2) is 0 Å². The third kappa shape index (κ3) is 3.76. The van der Waals surface area contributed by atoms with Crippen LogP contribution >= 0.6 is 15.9 Å². The second-order valence-electron chi connectivity index (χ2n) is 7.12. The molecule has 1 heterocycles. The van der Waals surface area contributed by atoms with Crippen molar-refractivity contribution in [2.24, 2.45) is 0 Å². The predicted octanol–water partition coefficient (Wildman–Crippen LogP) is 5.09. The van der Waals surface area contributed by atoms with E-state index < -0.39 is 17.7 Å². The lowest BCUT2D eigenvalue weighted by Crippen LogP contribution is -2.29. The second kappa shape index (κ2) is 8.88.